The first-order valence-corrected chi connectivity index (χ1v) is 10.3. The van der Waals surface area contributed by atoms with Crippen molar-refractivity contribution in [1.82, 2.24) is 9.78 Å². The van der Waals surface area contributed by atoms with Crippen molar-refractivity contribution in [3.63, 3.8) is 0 Å². The smallest absolute Gasteiger partial charge is 0.378 e. The van der Waals surface area contributed by atoms with Crippen LogP contribution in [-0.4, -0.2) is 42.0 Å². The van der Waals surface area contributed by atoms with E-state index in [-0.39, 0.29) is 11.3 Å². The van der Waals surface area contributed by atoms with E-state index in [1.165, 1.54) is 18.2 Å². The molecule has 4 rings (SSSR count). The van der Waals surface area contributed by atoms with Gasteiger partial charge in [0.2, 0.25) is 0 Å². The van der Waals surface area contributed by atoms with Crippen LogP contribution in [0.25, 0.3) is 5.69 Å². The lowest BCUT2D eigenvalue weighted by molar-refractivity contribution is -0.136. The molecule has 0 saturated carbocycles. The number of benzene rings is 2. The number of alkyl halides is 3. The normalized spacial score (nSPS) is 14.5. The van der Waals surface area contributed by atoms with Crippen molar-refractivity contribution >= 4 is 33.2 Å². The summed E-state index contributed by atoms with van der Waals surface area (Å²) in [6.45, 7) is 1.96. The van der Waals surface area contributed by atoms with Crippen LogP contribution >= 0.6 is 15.9 Å². The molecule has 3 aromatic rings. The first-order valence-electron chi connectivity index (χ1n) is 9.47. The van der Waals surface area contributed by atoms with Gasteiger partial charge in [-0.3, -0.25) is 4.79 Å². The molecule has 1 aliphatic rings. The van der Waals surface area contributed by atoms with Crippen molar-refractivity contribution in [1.29, 1.82) is 0 Å². The second kappa shape index (κ2) is 8.72. The lowest BCUT2D eigenvalue weighted by Crippen LogP contribution is -2.36. The van der Waals surface area contributed by atoms with Gasteiger partial charge in [-0.05, 0) is 58.4 Å². The van der Waals surface area contributed by atoms with Gasteiger partial charge in [0, 0.05) is 30.5 Å². The number of nitrogens with one attached hydrogen (secondary N) is 1. The SMILES string of the molecule is O=C(Nc1ccc(N2CCOCC2)cc1C(F)(F)F)c1ccc(-n2cc(Br)cn2)cc1. The molecule has 1 aliphatic heterocycles. The molecule has 6 nitrogen and oxygen atoms in total. The van der Waals surface area contributed by atoms with Crippen LogP contribution < -0.4 is 10.2 Å². The minimum atomic E-state index is -4.61. The summed E-state index contributed by atoms with van der Waals surface area (Å²) in [5, 5.41) is 6.54. The number of nitrogens with zero attached hydrogens (tertiary/aromatic N) is 3. The third-order valence-corrected chi connectivity index (χ3v) is 5.29. The van der Waals surface area contributed by atoms with Gasteiger partial charge in [0.15, 0.2) is 0 Å². The summed E-state index contributed by atoms with van der Waals surface area (Å²) in [6, 6.07) is 10.3. The number of amides is 1. The van der Waals surface area contributed by atoms with Crippen molar-refractivity contribution in [3.05, 3.63) is 70.5 Å². The maximum atomic E-state index is 13.7. The largest absolute Gasteiger partial charge is 0.418 e. The maximum Gasteiger partial charge on any atom is 0.418 e. The Morgan fingerprint density at radius 2 is 1.74 bits per heavy atom. The average Bonchev–Trinajstić information content (AvgIpc) is 3.20. The number of ether oxygens (including phenoxy) is 1. The molecular weight excluding hydrogens is 477 g/mol. The van der Waals surface area contributed by atoms with Crippen molar-refractivity contribution in [2.75, 3.05) is 36.5 Å². The molecular formula is C21H18BrF3N4O2. The molecule has 1 amide bonds. The van der Waals surface area contributed by atoms with E-state index in [0.29, 0.717) is 37.7 Å². The predicted octanol–water partition coefficient (Wildman–Crippen LogP) is 4.74. The molecule has 0 spiro atoms. The average molecular weight is 495 g/mol. The van der Waals surface area contributed by atoms with Gasteiger partial charge in [-0.15, -0.1) is 0 Å². The highest BCUT2D eigenvalue weighted by Gasteiger charge is 2.35. The van der Waals surface area contributed by atoms with Crippen LogP contribution in [0.2, 0.25) is 0 Å². The predicted molar refractivity (Wildman–Crippen MR) is 114 cm³/mol. The number of morpholine rings is 1. The second-order valence-corrected chi connectivity index (χ2v) is 7.85. The van der Waals surface area contributed by atoms with E-state index in [0.717, 1.165) is 10.5 Å². The summed E-state index contributed by atoms with van der Waals surface area (Å²) in [7, 11) is 0. The van der Waals surface area contributed by atoms with Gasteiger partial charge in [0.05, 0.1) is 40.8 Å². The van der Waals surface area contributed by atoms with Gasteiger partial charge in [-0.25, -0.2) is 4.68 Å². The standard InChI is InChI=1S/C21H18BrF3N4O2/c22-15-12-26-29(13-15)16-3-1-14(2-4-16)20(30)27-19-6-5-17(11-18(19)21(23,24)25)28-7-9-31-10-8-28/h1-6,11-13H,7-10H2,(H,27,30). The lowest BCUT2D eigenvalue weighted by Gasteiger charge is -2.29. The van der Waals surface area contributed by atoms with Crippen molar-refractivity contribution in [2.45, 2.75) is 6.18 Å². The monoisotopic (exact) mass is 494 g/mol. The van der Waals surface area contributed by atoms with Gasteiger partial charge in [-0.2, -0.15) is 18.3 Å². The van der Waals surface area contributed by atoms with Crippen LogP contribution in [-0.2, 0) is 10.9 Å². The zero-order chi connectivity index (χ0) is 22.0. The van der Waals surface area contributed by atoms with E-state index >= 15 is 0 Å². The molecule has 1 aromatic heterocycles. The number of halogens is 4. The van der Waals surface area contributed by atoms with Gasteiger partial charge >= 0.3 is 6.18 Å². The fraction of sp³-hybridized carbons (Fsp3) is 0.238. The Labute approximate surface area is 184 Å². The van der Waals surface area contributed by atoms with Crippen LogP contribution in [0.3, 0.4) is 0 Å². The molecule has 1 saturated heterocycles. The molecule has 0 bridgehead atoms. The zero-order valence-electron chi connectivity index (χ0n) is 16.2. The summed E-state index contributed by atoms with van der Waals surface area (Å²) in [5.41, 5.74) is 0.231. The number of aromatic nitrogens is 2. The number of carbonyl (C=O) groups excluding carboxylic acids is 1. The first-order chi connectivity index (χ1) is 14.8. The lowest BCUT2D eigenvalue weighted by atomic mass is 10.1. The van der Waals surface area contributed by atoms with E-state index in [4.69, 9.17) is 4.74 Å². The fourth-order valence-corrected chi connectivity index (χ4v) is 3.58. The van der Waals surface area contributed by atoms with Crippen LogP contribution in [0.15, 0.2) is 59.3 Å². The third-order valence-electron chi connectivity index (χ3n) is 4.88. The summed E-state index contributed by atoms with van der Waals surface area (Å²) in [6.07, 6.45) is -1.23. The van der Waals surface area contributed by atoms with Gasteiger partial charge in [0.1, 0.15) is 0 Å². The number of carbonyl (C=O) groups is 1. The Bertz CT molecular complexity index is 1080. The molecule has 10 heteroatoms. The maximum absolute atomic E-state index is 13.7. The Kier molecular flexibility index (Phi) is 6.01. The molecule has 0 unspecified atom stereocenters. The van der Waals surface area contributed by atoms with E-state index in [1.807, 2.05) is 4.90 Å². The fourth-order valence-electron chi connectivity index (χ4n) is 3.30. The van der Waals surface area contributed by atoms with Crippen LogP contribution in [0.5, 0.6) is 0 Å². The first kappa shape index (κ1) is 21.4. The quantitative estimate of drug-likeness (QED) is 0.568. The second-order valence-electron chi connectivity index (χ2n) is 6.93. The minimum Gasteiger partial charge on any atom is -0.378 e. The number of hydrogen-bond acceptors (Lipinski definition) is 4. The van der Waals surface area contributed by atoms with Crippen LogP contribution in [0, 0.1) is 0 Å². The Morgan fingerprint density at radius 1 is 1.06 bits per heavy atom. The number of anilines is 2. The Balaban J connectivity index is 1.55. The highest BCUT2D eigenvalue weighted by molar-refractivity contribution is 9.10. The van der Waals surface area contributed by atoms with Gasteiger partial charge in [-0.1, -0.05) is 0 Å². The summed E-state index contributed by atoms with van der Waals surface area (Å²) in [4.78, 5) is 14.4. The molecule has 0 radical (unpaired) electrons. The minimum absolute atomic E-state index is 0.236. The topological polar surface area (TPSA) is 59.4 Å². The number of hydrogen-bond donors (Lipinski definition) is 1. The van der Waals surface area contributed by atoms with E-state index in [2.05, 4.69) is 26.3 Å². The summed E-state index contributed by atoms with van der Waals surface area (Å²) < 4.78 is 48.7. The van der Waals surface area contributed by atoms with Gasteiger partial charge in [0.25, 0.3) is 5.91 Å². The third kappa shape index (κ3) is 4.91. The van der Waals surface area contributed by atoms with E-state index in [1.54, 1.807) is 35.3 Å². The van der Waals surface area contributed by atoms with Crippen molar-refractivity contribution in [3.8, 4) is 5.69 Å². The molecule has 0 aliphatic carbocycles. The van der Waals surface area contributed by atoms with E-state index in [9.17, 15) is 18.0 Å². The zero-order valence-corrected chi connectivity index (χ0v) is 17.8. The highest BCUT2D eigenvalue weighted by atomic mass is 79.9. The molecule has 162 valence electrons. The molecule has 1 N–H and O–H groups in total. The van der Waals surface area contributed by atoms with Crippen molar-refractivity contribution < 1.29 is 22.7 Å². The number of rotatable bonds is 4. The molecule has 2 heterocycles. The molecule has 2 aromatic carbocycles. The van der Waals surface area contributed by atoms with Gasteiger partial charge < -0.3 is 15.0 Å². The van der Waals surface area contributed by atoms with Crippen LogP contribution in [0.1, 0.15) is 15.9 Å². The molecule has 31 heavy (non-hydrogen) atoms. The van der Waals surface area contributed by atoms with Crippen molar-refractivity contribution in [2.24, 2.45) is 0 Å². The van der Waals surface area contributed by atoms with E-state index < -0.39 is 17.6 Å². The summed E-state index contributed by atoms with van der Waals surface area (Å²) >= 11 is 3.31. The van der Waals surface area contributed by atoms with Crippen LogP contribution in [0.4, 0.5) is 24.5 Å². The molecule has 0 atom stereocenters. The summed E-state index contributed by atoms with van der Waals surface area (Å²) in [5.74, 6) is -0.627. The Morgan fingerprint density at radius 3 is 2.35 bits per heavy atom. The Hall–Kier alpha value is -2.85. The highest BCUT2D eigenvalue weighted by Crippen LogP contribution is 2.37. The molecule has 1 fully saturated rings.